The van der Waals surface area contributed by atoms with Crippen molar-refractivity contribution in [1.82, 2.24) is 24.6 Å². The van der Waals surface area contributed by atoms with Gasteiger partial charge >= 0.3 is 12.3 Å². The summed E-state index contributed by atoms with van der Waals surface area (Å²) < 4.78 is 88.4. The van der Waals surface area contributed by atoms with Crippen LogP contribution in [0.5, 0.6) is 0 Å². The Kier molecular flexibility index (Phi) is 6.71. The summed E-state index contributed by atoms with van der Waals surface area (Å²) in [4.78, 5) is 18.8. The van der Waals surface area contributed by atoms with Gasteiger partial charge in [0, 0.05) is 29.8 Å². The van der Waals surface area contributed by atoms with Gasteiger partial charge in [-0.3, -0.25) is 9.80 Å². The molecule has 1 amide bonds. The first-order valence-electron chi connectivity index (χ1n) is 11.2. The lowest BCUT2D eigenvalue weighted by atomic mass is 9.88. The van der Waals surface area contributed by atoms with Crippen LogP contribution in [0.2, 0.25) is 0 Å². The van der Waals surface area contributed by atoms with Crippen LogP contribution in [-0.4, -0.2) is 66.5 Å². The molecule has 0 bridgehead atoms. The molecule has 1 aromatic carbocycles. The van der Waals surface area contributed by atoms with Gasteiger partial charge in [-0.2, -0.15) is 13.2 Å². The second-order valence-corrected chi connectivity index (χ2v) is 9.87. The molecule has 1 saturated heterocycles. The summed E-state index contributed by atoms with van der Waals surface area (Å²) >= 11 is 0. The SMILES string of the molecule is CC(C)(C)N(C(=O)O)[C@H]1C[C@@H](N2CCn3nc(C(F)(F)F)nc3C2)CO[C@@H]1c1cc(F)c(F)cc1F. The Bertz CT molecular complexity index is 1150. The predicted molar refractivity (Wildman–Crippen MR) is 112 cm³/mol. The number of carbonyl (C=O) groups is 1. The zero-order valence-corrected chi connectivity index (χ0v) is 19.7. The smallest absolute Gasteiger partial charge is 0.453 e. The number of fused-ring (bicyclic) bond motifs is 1. The van der Waals surface area contributed by atoms with Gasteiger partial charge in [-0.05, 0) is 33.3 Å². The fourth-order valence-corrected chi connectivity index (χ4v) is 4.86. The molecule has 4 rings (SSSR count). The van der Waals surface area contributed by atoms with E-state index < -0.39 is 59.3 Å². The zero-order valence-electron chi connectivity index (χ0n) is 19.7. The van der Waals surface area contributed by atoms with Crippen molar-refractivity contribution in [2.75, 3.05) is 13.2 Å². The molecule has 3 heterocycles. The average molecular weight is 521 g/mol. The van der Waals surface area contributed by atoms with Gasteiger partial charge in [-0.1, -0.05) is 0 Å². The highest BCUT2D eigenvalue weighted by Gasteiger charge is 2.46. The second-order valence-electron chi connectivity index (χ2n) is 9.87. The molecule has 8 nitrogen and oxygen atoms in total. The van der Waals surface area contributed by atoms with Crippen molar-refractivity contribution in [3.8, 4) is 0 Å². The minimum Gasteiger partial charge on any atom is -0.465 e. The lowest BCUT2D eigenvalue weighted by Crippen LogP contribution is -2.59. The number of aromatic nitrogens is 3. The van der Waals surface area contributed by atoms with E-state index in [1.165, 1.54) is 4.68 Å². The van der Waals surface area contributed by atoms with Crippen LogP contribution < -0.4 is 0 Å². The minimum atomic E-state index is -4.69. The zero-order chi connectivity index (χ0) is 26.6. The molecule has 1 N–H and O–H groups in total. The molecule has 2 aliphatic rings. The fraction of sp³-hybridized carbons (Fsp3) is 0.591. The summed E-state index contributed by atoms with van der Waals surface area (Å²) in [5.41, 5.74) is -1.29. The largest absolute Gasteiger partial charge is 0.465 e. The van der Waals surface area contributed by atoms with Gasteiger partial charge in [-0.25, -0.2) is 27.6 Å². The fourth-order valence-electron chi connectivity index (χ4n) is 4.86. The topological polar surface area (TPSA) is 83.7 Å². The molecule has 0 saturated carbocycles. The number of carboxylic acid groups (broad SMARTS) is 1. The van der Waals surface area contributed by atoms with Crippen molar-refractivity contribution >= 4 is 6.09 Å². The number of hydrogen-bond acceptors (Lipinski definition) is 5. The van der Waals surface area contributed by atoms with Gasteiger partial charge in [0.05, 0.1) is 25.7 Å². The quantitative estimate of drug-likeness (QED) is 0.482. The number of hydrogen-bond donors (Lipinski definition) is 1. The van der Waals surface area contributed by atoms with Crippen molar-refractivity contribution in [1.29, 1.82) is 0 Å². The Balaban J connectivity index is 1.65. The molecule has 0 unspecified atom stereocenters. The van der Waals surface area contributed by atoms with Crippen LogP contribution in [0.25, 0.3) is 0 Å². The molecule has 0 radical (unpaired) electrons. The highest BCUT2D eigenvalue weighted by Crippen LogP contribution is 2.39. The lowest BCUT2D eigenvalue weighted by molar-refractivity contribution is -0.145. The summed E-state index contributed by atoms with van der Waals surface area (Å²) in [5, 5.41) is 13.5. The molecule has 1 aromatic heterocycles. The maximum absolute atomic E-state index is 14.7. The minimum absolute atomic E-state index is 0.0105. The summed E-state index contributed by atoms with van der Waals surface area (Å²) in [6, 6.07) is -0.433. The molecule has 0 aliphatic carbocycles. The normalized spacial score (nSPS) is 23.4. The Hall–Kier alpha value is -2.87. The lowest BCUT2D eigenvalue weighted by Gasteiger charge is -2.49. The highest BCUT2D eigenvalue weighted by molar-refractivity contribution is 5.66. The van der Waals surface area contributed by atoms with Crippen molar-refractivity contribution in [3.63, 3.8) is 0 Å². The molecule has 3 atom stereocenters. The number of rotatable bonds is 3. The third kappa shape index (κ3) is 5.01. The molecule has 36 heavy (non-hydrogen) atoms. The van der Waals surface area contributed by atoms with E-state index in [1.807, 2.05) is 0 Å². The second kappa shape index (κ2) is 9.21. The first-order chi connectivity index (χ1) is 16.7. The number of ether oxygens (including phenoxy) is 1. The summed E-state index contributed by atoms with van der Waals surface area (Å²) in [7, 11) is 0. The van der Waals surface area contributed by atoms with Crippen LogP contribution >= 0.6 is 0 Å². The van der Waals surface area contributed by atoms with Gasteiger partial charge in [0.15, 0.2) is 11.6 Å². The van der Waals surface area contributed by atoms with E-state index in [9.17, 15) is 36.2 Å². The van der Waals surface area contributed by atoms with E-state index in [4.69, 9.17) is 4.74 Å². The number of alkyl halides is 3. The standard InChI is InChI=1S/C22H25F6N5O3/c1-21(2,3)33(20(34)35)16-6-11(10-36-18(16)12-7-14(24)15(25)8-13(12)23)31-4-5-32-17(9-31)29-19(30-32)22(26,27)28/h7-8,11,16,18H,4-6,9-10H2,1-3H3,(H,34,35)/t11-,16+,18-/m1/s1. The molecule has 14 heteroatoms. The number of amides is 1. The summed E-state index contributed by atoms with van der Waals surface area (Å²) in [6.45, 7) is 5.28. The number of benzene rings is 1. The summed E-state index contributed by atoms with van der Waals surface area (Å²) in [6.07, 6.45) is -7.15. The van der Waals surface area contributed by atoms with Gasteiger partial charge in [0.2, 0.25) is 0 Å². The van der Waals surface area contributed by atoms with Crippen LogP contribution in [0.1, 0.15) is 50.5 Å². The molecule has 1 fully saturated rings. The first-order valence-corrected chi connectivity index (χ1v) is 11.2. The highest BCUT2D eigenvalue weighted by atomic mass is 19.4. The van der Waals surface area contributed by atoms with E-state index in [-0.39, 0.29) is 37.5 Å². The monoisotopic (exact) mass is 521 g/mol. The maximum Gasteiger partial charge on any atom is 0.453 e. The van der Waals surface area contributed by atoms with Crippen molar-refractivity contribution < 1.29 is 41.0 Å². The third-order valence-electron chi connectivity index (χ3n) is 6.40. The molecule has 198 valence electrons. The maximum atomic E-state index is 14.7. The van der Waals surface area contributed by atoms with E-state index >= 15 is 0 Å². The third-order valence-corrected chi connectivity index (χ3v) is 6.40. The van der Waals surface area contributed by atoms with Crippen molar-refractivity contribution in [2.24, 2.45) is 0 Å². The Morgan fingerprint density at radius 3 is 2.39 bits per heavy atom. The van der Waals surface area contributed by atoms with E-state index in [1.54, 1.807) is 25.7 Å². The van der Waals surface area contributed by atoms with Gasteiger partial charge < -0.3 is 9.84 Å². The number of nitrogens with zero attached hydrogens (tertiary/aromatic N) is 5. The van der Waals surface area contributed by atoms with Crippen LogP contribution in [0.3, 0.4) is 0 Å². The van der Waals surface area contributed by atoms with Gasteiger partial charge in [-0.15, -0.1) is 5.10 Å². The average Bonchev–Trinajstić information content (AvgIpc) is 3.19. The predicted octanol–water partition coefficient (Wildman–Crippen LogP) is 4.21. The van der Waals surface area contributed by atoms with Gasteiger partial charge in [0.25, 0.3) is 5.82 Å². The van der Waals surface area contributed by atoms with Crippen molar-refractivity contribution in [2.45, 2.75) is 70.2 Å². The molecular weight excluding hydrogens is 496 g/mol. The molecule has 0 spiro atoms. The van der Waals surface area contributed by atoms with E-state index in [0.717, 1.165) is 4.90 Å². The number of halogens is 6. The van der Waals surface area contributed by atoms with Crippen LogP contribution in [0.4, 0.5) is 31.1 Å². The van der Waals surface area contributed by atoms with Gasteiger partial charge in [0.1, 0.15) is 17.7 Å². The first kappa shape index (κ1) is 26.2. The van der Waals surface area contributed by atoms with Crippen molar-refractivity contribution in [3.05, 3.63) is 46.8 Å². The van der Waals surface area contributed by atoms with E-state index in [0.29, 0.717) is 18.7 Å². The van der Waals surface area contributed by atoms with Crippen LogP contribution in [0.15, 0.2) is 12.1 Å². The summed E-state index contributed by atoms with van der Waals surface area (Å²) in [5.74, 6) is -4.90. The van der Waals surface area contributed by atoms with E-state index in [2.05, 4.69) is 10.1 Å². The molecule has 2 aromatic rings. The van der Waals surface area contributed by atoms with Crippen LogP contribution in [0, 0.1) is 17.5 Å². The van der Waals surface area contributed by atoms with Crippen LogP contribution in [-0.2, 0) is 24.0 Å². The molecule has 2 aliphatic heterocycles. The molecular formula is C22H25F6N5O3. The Morgan fingerprint density at radius 1 is 1.11 bits per heavy atom. The Morgan fingerprint density at radius 2 is 1.78 bits per heavy atom. The Labute approximate surface area is 202 Å².